The summed E-state index contributed by atoms with van der Waals surface area (Å²) in [4.78, 5) is 20.7. The first-order valence-corrected chi connectivity index (χ1v) is 5.95. The van der Waals surface area contributed by atoms with E-state index in [1.54, 1.807) is 19.3 Å². The molecule has 0 aliphatic rings. The second-order valence-corrected chi connectivity index (χ2v) is 4.45. The highest BCUT2D eigenvalue weighted by molar-refractivity contribution is 7.17. The molecule has 0 spiro atoms. The summed E-state index contributed by atoms with van der Waals surface area (Å²) < 4.78 is 0. The summed E-state index contributed by atoms with van der Waals surface area (Å²) in [6.45, 7) is 3.59. The van der Waals surface area contributed by atoms with Crippen LogP contribution < -0.4 is 0 Å². The van der Waals surface area contributed by atoms with E-state index < -0.39 is 0 Å². The van der Waals surface area contributed by atoms with Gasteiger partial charge in [0.25, 0.3) is 0 Å². The van der Waals surface area contributed by atoms with E-state index in [9.17, 15) is 4.79 Å². The van der Waals surface area contributed by atoms with Crippen molar-refractivity contribution in [2.24, 2.45) is 0 Å². The Morgan fingerprint density at radius 2 is 2.31 bits per heavy atom. The van der Waals surface area contributed by atoms with Crippen LogP contribution in [-0.2, 0) is 6.42 Å². The van der Waals surface area contributed by atoms with E-state index in [0.717, 1.165) is 27.6 Å². The molecule has 0 aromatic carbocycles. The number of carbonyl (C=O) groups excluding carboxylic acids is 1. The number of aryl methyl sites for hydroxylation is 1. The zero-order chi connectivity index (χ0) is 11.5. The number of nitrogens with zero attached hydrogens (tertiary/aromatic N) is 2. The number of hydrogen-bond acceptors (Lipinski definition) is 4. The second-order valence-electron chi connectivity index (χ2n) is 3.45. The van der Waals surface area contributed by atoms with Crippen LogP contribution >= 0.6 is 11.3 Å². The summed E-state index contributed by atoms with van der Waals surface area (Å²) in [5.41, 5.74) is 1.85. The topological polar surface area (TPSA) is 42.9 Å². The molecule has 0 bridgehead atoms. The lowest BCUT2D eigenvalue weighted by atomic mass is 10.2. The van der Waals surface area contributed by atoms with Crippen molar-refractivity contribution in [1.82, 2.24) is 9.97 Å². The minimum atomic E-state index is 0.0875. The molecule has 82 valence electrons. The summed E-state index contributed by atoms with van der Waals surface area (Å²) in [5.74, 6) is 0.0875. The fourth-order valence-corrected chi connectivity index (χ4v) is 2.52. The molecule has 2 heterocycles. The van der Waals surface area contributed by atoms with Gasteiger partial charge in [0.05, 0.1) is 10.6 Å². The van der Waals surface area contributed by atoms with Gasteiger partial charge in [-0.1, -0.05) is 6.92 Å². The predicted octanol–water partition coefficient (Wildman–Crippen LogP) is 2.97. The number of aromatic nitrogens is 2. The van der Waals surface area contributed by atoms with Crippen LogP contribution in [0.2, 0.25) is 0 Å². The van der Waals surface area contributed by atoms with Crippen molar-refractivity contribution >= 4 is 17.1 Å². The minimum Gasteiger partial charge on any atom is -0.294 e. The average Bonchev–Trinajstić information content (AvgIpc) is 2.74. The van der Waals surface area contributed by atoms with Crippen LogP contribution in [0.4, 0.5) is 0 Å². The van der Waals surface area contributed by atoms with Crippen molar-refractivity contribution in [3.63, 3.8) is 0 Å². The Hall–Kier alpha value is -1.55. The number of thiazole rings is 1. The van der Waals surface area contributed by atoms with Crippen molar-refractivity contribution in [3.05, 3.63) is 35.1 Å². The van der Waals surface area contributed by atoms with Crippen molar-refractivity contribution in [3.8, 4) is 10.6 Å². The molecule has 0 amide bonds. The monoisotopic (exact) mass is 232 g/mol. The quantitative estimate of drug-likeness (QED) is 0.764. The SMILES string of the molecule is CCc1nc(-c2cccnc2)sc1C(C)=O. The third-order valence-electron chi connectivity index (χ3n) is 2.26. The predicted molar refractivity (Wildman–Crippen MR) is 64.7 cm³/mol. The largest absolute Gasteiger partial charge is 0.294 e. The van der Waals surface area contributed by atoms with Crippen LogP contribution in [0.25, 0.3) is 10.6 Å². The minimum absolute atomic E-state index is 0.0875. The van der Waals surface area contributed by atoms with E-state index in [1.807, 2.05) is 19.1 Å². The molecule has 2 aromatic rings. The number of ketones is 1. The molecular formula is C12H12N2OS. The van der Waals surface area contributed by atoms with Crippen LogP contribution in [0.1, 0.15) is 29.2 Å². The molecule has 0 saturated heterocycles. The first-order chi connectivity index (χ1) is 7.72. The van der Waals surface area contributed by atoms with Gasteiger partial charge in [0.15, 0.2) is 5.78 Å². The maximum Gasteiger partial charge on any atom is 0.171 e. The first-order valence-electron chi connectivity index (χ1n) is 5.13. The zero-order valence-corrected chi connectivity index (χ0v) is 10.0. The van der Waals surface area contributed by atoms with Gasteiger partial charge in [0, 0.05) is 24.9 Å². The van der Waals surface area contributed by atoms with Gasteiger partial charge in [-0.2, -0.15) is 0 Å². The Kier molecular flexibility index (Phi) is 3.10. The lowest BCUT2D eigenvalue weighted by molar-refractivity contribution is 0.102. The fraction of sp³-hybridized carbons (Fsp3) is 0.250. The van der Waals surface area contributed by atoms with E-state index >= 15 is 0 Å². The van der Waals surface area contributed by atoms with Crippen LogP contribution in [-0.4, -0.2) is 15.8 Å². The highest BCUT2D eigenvalue weighted by Gasteiger charge is 2.14. The molecule has 0 radical (unpaired) electrons. The van der Waals surface area contributed by atoms with E-state index in [2.05, 4.69) is 9.97 Å². The van der Waals surface area contributed by atoms with Crippen LogP contribution in [0.15, 0.2) is 24.5 Å². The highest BCUT2D eigenvalue weighted by Crippen LogP contribution is 2.28. The van der Waals surface area contributed by atoms with E-state index in [0.29, 0.717) is 0 Å². The van der Waals surface area contributed by atoms with Crippen molar-refractivity contribution in [2.45, 2.75) is 20.3 Å². The molecule has 0 aliphatic heterocycles. The lowest BCUT2D eigenvalue weighted by Gasteiger charge is -1.92. The summed E-state index contributed by atoms with van der Waals surface area (Å²) in [7, 11) is 0. The van der Waals surface area contributed by atoms with Crippen molar-refractivity contribution in [2.75, 3.05) is 0 Å². The van der Waals surface area contributed by atoms with Gasteiger partial charge < -0.3 is 0 Å². The molecule has 2 rings (SSSR count). The fourth-order valence-electron chi connectivity index (χ4n) is 1.48. The van der Waals surface area contributed by atoms with Gasteiger partial charge in [-0.15, -0.1) is 11.3 Å². The summed E-state index contributed by atoms with van der Waals surface area (Å²) in [6.07, 6.45) is 4.28. The molecule has 0 saturated carbocycles. The van der Waals surface area contributed by atoms with Crippen molar-refractivity contribution in [1.29, 1.82) is 0 Å². The first kappa shape index (κ1) is 11.0. The standard InChI is InChI=1S/C12H12N2OS/c1-3-10-11(8(2)15)16-12(14-10)9-5-4-6-13-7-9/h4-7H,3H2,1-2H3. The Labute approximate surface area is 98.2 Å². The highest BCUT2D eigenvalue weighted by atomic mass is 32.1. The number of hydrogen-bond donors (Lipinski definition) is 0. The molecular weight excluding hydrogens is 220 g/mol. The van der Waals surface area contributed by atoms with E-state index in [4.69, 9.17) is 0 Å². The molecule has 0 aliphatic carbocycles. The number of Topliss-reactive ketones (excluding diaryl/α,β-unsaturated/α-hetero) is 1. The van der Waals surface area contributed by atoms with Crippen LogP contribution in [0, 0.1) is 0 Å². The molecule has 4 heteroatoms. The van der Waals surface area contributed by atoms with Crippen LogP contribution in [0.3, 0.4) is 0 Å². The molecule has 0 atom stereocenters. The number of rotatable bonds is 3. The zero-order valence-electron chi connectivity index (χ0n) is 9.23. The molecule has 16 heavy (non-hydrogen) atoms. The third kappa shape index (κ3) is 2.02. The average molecular weight is 232 g/mol. The number of carbonyl (C=O) groups is 1. The Bertz CT molecular complexity index is 505. The Balaban J connectivity index is 2.48. The maximum atomic E-state index is 11.4. The third-order valence-corrected chi connectivity index (χ3v) is 3.51. The summed E-state index contributed by atoms with van der Waals surface area (Å²) in [6, 6.07) is 3.82. The maximum absolute atomic E-state index is 11.4. The molecule has 3 nitrogen and oxygen atoms in total. The van der Waals surface area contributed by atoms with Gasteiger partial charge in [0.1, 0.15) is 5.01 Å². The van der Waals surface area contributed by atoms with Gasteiger partial charge in [-0.05, 0) is 18.6 Å². The van der Waals surface area contributed by atoms with Gasteiger partial charge in [0.2, 0.25) is 0 Å². The lowest BCUT2D eigenvalue weighted by Crippen LogP contribution is -1.93. The normalized spacial score (nSPS) is 10.4. The van der Waals surface area contributed by atoms with Crippen molar-refractivity contribution < 1.29 is 4.79 Å². The summed E-state index contributed by atoms with van der Waals surface area (Å²) in [5, 5.41) is 0.871. The van der Waals surface area contributed by atoms with Crippen LogP contribution in [0.5, 0.6) is 0 Å². The number of pyridine rings is 1. The van der Waals surface area contributed by atoms with Gasteiger partial charge >= 0.3 is 0 Å². The summed E-state index contributed by atoms with van der Waals surface area (Å²) >= 11 is 1.44. The van der Waals surface area contributed by atoms with E-state index in [1.165, 1.54) is 11.3 Å². The molecule has 0 N–H and O–H groups in total. The molecule has 0 fully saturated rings. The smallest absolute Gasteiger partial charge is 0.171 e. The van der Waals surface area contributed by atoms with Gasteiger partial charge in [-0.25, -0.2) is 4.98 Å². The molecule has 0 unspecified atom stereocenters. The molecule has 2 aromatic heterocycles. The van der Waals surface area contributed by atoms with E-state index in [-0.39, 0.29) is 5.78 Å². The Morgan fingerprint density at radius 1 is 1.50 bits per heavy atom. The van der Waals surface area contributed by atoms with Gasteiger partial charge in [-0.3, -0.25) is 9.78 Å². The second kappa shape index (κ2) is 4.53. The Morgan fingerprint density at radius 3 is 2.81 bits per heavy atom.